The number of carboxylic acids is 1. The third kappa shape index (κ3) is 6.94. The Labute approximate surface area is 102 Å². The number of carbonyl (C=O) groups excluding carboxylic acids is 1. The van der Waals surface area contributed by atoms with Gasteiger partial charge in [-0.2, -0.15) is 0 Å². The number of carboxylic acid groups (broad SMARTS) is 1. The lowest BCUT2D eigenvalue weighted by Gasteiger charge is -2.15. The van der Waals surface area contributed by atoms with E-state index in [1.54, 1.807) is 0 Å². The number of hydrogen-bond acceptors (Lipinski definition) is 3. The lowest BCUT2D eigenvalue weighted by Crippen LogP contribution is -2.34. The number of nitrogens with one attached hydrogen (secondary N) is 1. The first-order chi connectivity index (χ1) is 8.18. The Morgan fingerprint density at radius 2 is 1.94 bits per heavy atom. The fraction of sp³-hybridized carbons (Fsp3) is 0.833. The third-order valence-electron chi connectivity index (χ3n) is 2.86. The number of amides is 1. The number of unbranched alkanes of at least 4 members (excludes halogenated alkanes) is 1. The Morgan fingerprint density at radius 3 is 2.71 bits per heavy atom. The first-order valence-electron chi connectivity index (χ1n) is 6.27. The van der Waals surface area contributed by atoms with E-state index in [1.807, 2.05) is 0 Å². The van der Waals surface area contributed by atoms with Crippen molar-refractivity contribution < 1.29 is 19.4 Å². The monoisotopic (exact) mass is 243 g/mol. The van der Waals surface area contributed by atoms with Gasteiger partial charge in [0.15, 0.2) is 0 Å². The lowest BCUT2D eigenvalue weighted by molar-refractivity contribution is -0.137. The fourth-order valence-electron chi connectivity index (χ4n) is 1.91. The van der Waals surface area contributed by atoms with E-state index in [1.165, 1.54) is 0 Å². The van der Waals surface area contributed by atoms with Gasteiger partial charge >= 0.3 is 5.97 Å². The van der Waals surface area contributed by atoms with E-state index in [4.69, 9.17) is 9.84 Å². The molecular formula is C12H21NO4. The standard InChI is InChI=1S/C12H21NO4/c14-11(5-1-2-6-12(15)16)13-10-4-3-8-17-9-7-10/h10H,1-9H2,(H,13,14)(H,15,16). The van der Waals surface area contributed by atoms with Gasteiger partial charge in [-0.15, -0.1) is 0 Å². The summed E-state index contributed by atoms with van der Waals surface area (Å²) < 4.78 is 5.31. The molecule has 0 bridgehead atoms. The van der Waals surface area contributed by atoms with Gasteiger partial charge in [0.25, 0.3) is 0 Å². The summed E-state index contributed by atoms with van der Waals surface area (Å²) in [6.45, 7) is 1.49. The van der Waals surface area contributed by atoms with Crippen LogP contribution in [0.3, 0.4) is 0 Å². The third-order valence-corrected chi connectivity index (χ3v) is 2.86. The van der Waals surface area contributed by atoms with E-state index in [2.05, 4.69) is 5.32 Å². The van der Waals surface area contributed by atoms with Crippen molar-refractivity contribution in [3.8, 4) is 0 Å². The number of hydrogen-bond donors (Lipinski definition) is 2. The van der Waals surface area contributed by atoms with Crippen LogP contribution in [0.4, 0.5) is 0 Å². The molecule has 1 unspecified atom stereocenters. The Hall–Kier alpha value is -1.10. The summed E-state index contributed by atoms with van der Waals surface area (Å²) in [5.41, 5.74) is 0. The molecule has 1 aliphatic heterocycles. The second kappa shape index (κ2) is 8.06. The molecule has 0 aromatic rings. The van der Waals surface area contributed by atoms with E-state index >= 15 is 0 Å². The molecule has 17 heavy (non-hydrogen) atoms. The summed E-state index contributed by atoms with van der Waals surface area (Å²) in [5.74, 6) is -0.770. The SMILES string of the molecule is O=C(O)CCCCC(=O)NC1CCCOCC1. The quantitative estimate of drug-likeness (QED) is 0.690. The van der Waals surface area contributed by atoms with Gasteiger partial charge in [0.05, 0.1) is 0 Å². The molecule has 0 aromatic heterocycles. The van der Waals surface area contributed by atoms with Crippen LogP contribution in [-0.4, -0.2) is 36.2 Å². The van der Waals surface area contributed by atoms with E-state index in [9.17, 15) is 9.59 Å². The van der Waals surface area contributed by atoms with Gasteiger partial charge in [0.1, 0.15) is 0 Å². The van der Waals surface area contributed by atoms with Crippen molar-refractivity contribution in [1.82, 2.24) is 5.32 Å². The van der Waals surface area contributed by atoms with Crippen LogP contribution in [-0.2, 0) is 14.3 Å². The average molecular weight is 243 g/mol. The molecule has 1 rings (SSSR count). The molecule has 0 radical (unpaired) electrons. The smallest absolute Gasteiger partial charge is 0.303 e. The highest BCUT2D eigenvalue weighted by atomic mass is 16.5. The number of carbonyl (C=O) groups is 2. The summed E-state index contributed by atoms with van der Waals surface area (Å²) in [5, 5.41) is 11.4. The van der Waals surface area contributed by atoms with E-state index < -0.39 is 5.97 Å². The van der Waals surface area contributed by atoms with Gasteiger partial charge in [-0.05, 0) is 32.1 Å². The first kappa shape index (κ1) is 14.0. The minimum Gasteiger partial charge on any atom is -0.481 e. The second-order valence-corrected chi connectivity index (χ2v) is 4.41. The van der Waals surface area contributed by atoms with Crippen LogP contribution in [0.15, 0.2) is 0 Å². The zero-order valence-corrected chi connectivity index (χ0v) is 10.1. The van der Waals surface area contributed by atoms with Crippen molar-refractivity contribution >= 4 is 11.9 Å². The highest BCUT2D eigenvalue weighted by Gasteiger charge is 2.14. The highest BCUT2D eigenvalue weighted by Crippen LogP contribution is 2.09. The van der Waals surface area contributed by atoms with Crippen LogP contribution >= 0.6 is 0 Å². The molecule has 1 atom stereocenters. The predicted octanol–water partition coefficient (Wildman–Crippen LogP) is 1.32. The molecule has 98 valence electrons. The van der Waals surface area contributed by atoms with Crippen molar-refractivity contribution in [1.29, 1.82) is 0 Å². The molecular weight excluding hydrogens is 222 g/mol. The average Bonchev–Trinajstić information content (AvgIpc) is 2.53. The Morgan fingerprint density at radius 1 is 1.18 bits per heavy atom. The molecule has 2 N–H and O–H groups in total. The summed E-state index contributed by atoms with van der Waals surface area (Å²) in [4.78, 5) is 21.9. The molecule has 0 spiro atoms. The topological polar surface area (TPSA) is 75.6 Å². The molecule has 1 amide bonds. The highest BCUT2D eigenvalue weighted by molar-refractivity contribution is 5.76. The molecule has 5 heteroatoms. The number of rotatable bonds is 6. The molecule has 1 fully saturated rings. The summed E-state index contributed by atoms with van der Waals surface area (Å²) >= 11 is 0. The molecule has 1 saturated heterocycles. The molecule has 0 aliphatic carbocycles. The maximum absolute atomic E-state index is 11.6. The minimum absolute atomic E-state index is 0.0299. The molecule has 0 aromatic carbocycles. The summed E-state index contributed by atoms with van der Waals surface area (Å²) in [7, 11) is 0. The van der Waals surface area contributed by atoms with Crippen molar-refractivity contribution in [2.24, 2.45) is 0 Å². The van der Waals surface area contributed by atoms with Crippen molar-refractivity contribution in [3.63, 3.8) is 0 Å². The number of aliphatic carboxylic acids is 1. The maximum Gasteiger partial charge on any atom is 0.303 e. The van der Waals surface area contributed by atoms with E-state index in [0.29, 0.717) is 25.9 Å². The zero-order chi connectivity index (χ0) is 12.5. The predicted molar refractivity (Wildman–Crippen MR) is 62.7 cm³/mol. The largest absolute Gasteiger partial charge is 0.481 e. The van der Waals surface area contributed by atoms with Crippen molar-refractivity contribution in [3.05, 3.63) is 0 Å². The fourth-order valence-corrected chi connectivity index (χ4v) is 1.91. The van der Waals surface area contributed by atoms with Gasteiger partial charge in [0, 0.05) is 32.1 Å². The molecule has 1 heterocycles. The van der Waals surface area contributed by atoms with Crippen molar-refractivity contribution in [2.75, 3.05) is 13.2 Å². The Kier molecular flexibility index (Phi) is 6.62. The summed E-state index contributed by atoms with van der Waals surface area (Å²) in [6, 6.07) is 0.226. The van der Waals surface area contributed by atoms with Gasteiger partial charge in [-0.25, -0.2) is 0 Å². The van der Waals surface area contributed by atoms with Crippen LogP contribution in [0.1, 0.15) is 44.9 Å². The zero-order valence-electron chi connectivity index (χ0n) is 10.1. The van der Waals surface area contributed by atoms with Crippen LogP contribution in [0.25, 0.3) is 0 Å². The minimum atomic E-state index is -0.800. The Bertz CT molecular complexity index is 247. The van der Waals surface area contributed by atoms with Gasteiger partial charge in [0.2, 0.25) is 5.91 Å². The van der Waals surface area contributed by atoms with Gasteiger partial charge < -0.3 is 15.2 Å². The molecule has 0 saturated carbocycles. The van der Waals surface area contributed by atoms with E-state index in [0.717, 1.165) is 25.9 Å². The summed E-state index contributed by atoms with van der Waals surface area (Å²) in [6.07, 6.45) is 4.61. The van der Waals surface area contributed by atoms with Crippen LogP contribution in [0, 0.1) is 0 Å². The van der Waals surface area contributed by atoms with Gasteiger partial charge in [-0.1, -0.05) is 0 Å². The Balaban J connectivity index is 2.08. The van der Waals surface area contributed by atoms with Gasteiger partial charge in [-0.3, -0.25) is 9.59 Å². The van der Waals surface area contributed by atoms with Crippen LogP contribution < -0.4 is 5.32 Å². The molecule has 1 aliphatic rings. The number of ether oxygens (including phenoxy) is 1. The van der Waals surface area contributed by atoms with Crippen molar-refractivity contribution in [2.45, 2.75) is 51.0 Å². The second-order valence-electron chi connectivity index (χ2n) is 4.41. The van der Waals surface area contributed by atoms with E-state index in [-0.39, 0.29) is 18.4 Å². The van der Waals surface area contributed by atoms with Crippen LogP contribution in [0.5, 0.6) is 0 Å². The maximum atomic E-state index is 11.6. The molecule has 5 nitrogen and oxygen atoms in total. The first-order valence-corrected chi connectivity index (χ1v) is 6.27. The normalized spacial score (nSPS) is 20.6. The lowest BCUT2D eigenvalue weighted by atomic mass is 10.1. The van der Waals surface area contributed by atoms with Crippen LogP contribution in [0.2, 0.25) is 0 Å².